The highest BCUT2D eigenvalue weighted by molar-refractivity contribution is 9.10. The minimum Gasteiger partial charge on any atom is -0.376 e. The molecule has 2 rings (SSSR count). The molecule has 0 saturated carbocycles. The second-order valence-corrected chi connectivity index (χ2v) is 4.88. The Bertz CT molecular complexity index is 419. The zero-order valence-electron chi connectivity index (χ0n) is 9.21. The number of hydrogen-bond donors (Lipinski definition) is 1. The summed E-state index contributed by atoms with van der Waals surface area (Å²) in [5.41, 5.74) is 0.0531. The number of benzene rings is 1. The Hall–Kier alpha value is -0.940. The van der Waals surface area contributed by atoms with E-state index in [9.17, 15) is 9.18 Å². The molecule has 1 amide bonds. The first kappa shape index (κ1) is 12.5. The van der Waals surface area contributed by atoms with E-state index in [1.807, 2.05) is 0 Å². The van der Waals surface area contributed by atoms with E-state index >= 15 is 0 Å². The lowest BCUT2D eigenvalue weighted by atomic mass is 10.2. The van der Waals surface area contributed by atoms with Crippen molar-refractivity contribution in [3.8, 4) is 0 Å². The summed E-state index contributed by atoms with van der Waals surface area (Å²) in [6.07, 6.45) is 2.03. The number of hydrogen-bond acceptors (Lipinski definition) is 2. The molecule has 1 atom stereocenters. The van der Waals surface area contributed by atoms with Gasteiger partial charge in [0.2, 0.25) is 0 Å². The lowest BCUT2D eigenvalue weighted by Crippen LogP contribution is -2.32. The maximum Gasteiger partial charge on any atom is 0.254 e. The molecule has 0 aliphatic carbocycles. The Kier molecular flexibility index (Phi) is 4.12. The third kappa shape index (κ3) is 3.26. The molecule has 0 unspecified atom stereocenters. The van der Waals surface area contributed by atoms with Crippen LogP contribution in [0.5, 0.6) is 0 Å². The molecule has 1 heterocycles. The number of ether oxygens (including phenoxy) is 1. The molecule has 0 aromatic heterocycles. The number of carbonyl (C=O) groups is 1. The largest absolute Gasteiger partial charge is 0.376 e. The van der Waals surface area contributed by atoms with E-state index in [2.05, 4.69) is 21.2 Å². The summed E-state index contributed by atoms with van der Waals surface area (Å²) in [6.45, 7) is 1.18. The Morgan fingerprint density at radius 2 is 2.41 bits per heavy atom. The van der Waals surface area contributed by atoms with Crippen molar-refractivity contribution in [3.05, 3.63) is 34.1 Å². The Labute approximate surface area is 107 Å². The number of carbonyl (C=O) groups excluding carboxylic acids is 1. The highest BCUT2D eigenvalue weighted by Crippen LogP contribution is 2.16. The van der Waals surface area contributed by atoms with Crippen LogP contribution in [-0.4, -0.2) is 25.2 Å². The Morgan fingerprint density at radius 1 is 1.59 bits per heavy atom. The number of halogens is 2. The van der Waals surface area contributed by atoms with Gasteiger partial charge in [0.15, 0.2) is 0 Å². The molecule has 3 nitrogen and oxygen atoms in total. The van der Waals surface area contributed by atoms with Gasteiger partial charge in [-0.25, -0.2) is 4.39 Å². The van der Waals surface area contributed by atoms with Crippen molar-refractivity contribution < 1.29 is 13.9 Å². The molecular weight excluding hydrogens is 289 g/mol. The Balaban J connectivity index is 1.96. The monoisotopic (exact) mass is 301 g/mol. The first-order valence-electron chi connectivity index (χ1n) is 5.51. The van der Waals surface area contributed by atoms with Gasteiger partial charge in [0, 0.05) is 17.6 Å². The summed E-state index contributed by atoms with van der Waals surface area (Å²) in [6, 6.07) is 4.30. The van der Waals surface area contributed by atoms with Crippen LogP contribution in [0, 0.1) is 5.82 Å². The topological polar surface area (TPSA) is 38.3 Å². The molecule has 0 radical (unpaired) electrons. The van der Waals surface area contributed by atoms with Crippen LogP contribution in [0.4, 0.5) is 4.39 Å². The van der Waals surface area contributed by atoms with Crippen LogP contribution < -0.4 is 5.32 Å². The first-order valence-corrected chi connectivity index (χ1v) is 6.31. The molecule has 17 heavy (non-hydrogen) atoms. The zero-order chi connectivity index (χ0) is 12.3. The molecule has 1 saturated heterocycles. The van der Waals surface area contributed by atoms with Crippen molar-refractivity contribution in [1.29, 1.82) is 0 Å². The highest BCUT2D eigenvalue weighted by Gasteiger charge is 2.18. The third-order valence-electron chi connectivity index (χ3n) is 2.69. The maximum atomic E-state index is 13.4. The molecule has 5 heteroatoms. The van der Waals surface area contributed by atoms with E-state index < -0.39 is 11.7 Å². The number of amides is 1. The van der Waals surface area contributed by atoms with E-state index in [0.29, 0.717) is 11.0 Å². The molecule has 92 valence electrons. The number of rotatable bonds is 3. The fourth-order valence-electron chi connectivity index (χ4n) is 1.78. The lowest BCUT2D eigenvalue weighted by molar-refractivity contribution is 0.0854. The molecule has 0 bridgehead atoms. The molecule has 0 spiro atoms. The minimum absolute atomic E-state index is 0.0531. The number of nitrogens with one attached hydrogen (secondary N) is 1. The van der Waals surface area contributed by atoms with Crippen LogP contribution in [-0.2, 0) is 4.74 Å². The van der Waals surface area contributed by atoms with Crippen LogP contribution in [0.25, 0.3) is 0 Å². The van der Waals surface area contributed by atoms with Gasteiger partial charge in [-0.3, -0.25) is 4.79 Å². The van der Waals surface area contributed by atoms with Crippen LogP contribution in [0.1, 0.15) is 23.2 Å². The average molecular weight is 302 g/mol. The van der Waals surface area contributed by atoms with Crippen LogP contribution in [0.3, 0.4) is 0 Å². The van der Waals surface area contributed by atoms with E-state index in [0.717, 1.165) is 19.4 Å². The average Bonchev–Trinajstić information content (AvgIpc) is 2.82. The zero-order valence-corrected chi connectivity index (χ0v) is 10.8. The molecule has 1 aliphatic rings. The van der Waals surface area contributed by atoms with E-state index in [4.69, 9.17) is 4.74 Å². The van der Waals surface area contributed by atoms with Gasteiger partial charge in [0.05, 0.1) is 11.7 Å². The summed E-state index contributed by atoms with van der Waals surface area (Å²) in [4.78, 5) is 11.7. The van der Waals surface area contributed by atoms with Crippen molar-refractivity contribution in [2.24, 2.45) is 0 Å². The van der Waals surface area contributed by atoms with E-state index in [1.54, 1.807) is 6.07 Å². The van der Waals surface area contributed by atoms with Crippen LogP contribution in [0.15, 0.2) is 22.7 Å². The molecule has 1 N–H and O–H groups in total. The summed E-state index contributed by atoms with van der Waals surface area (Å²) >= 11 is 3.21. The molecule has 1 fully saturated rings. The van der Waals surface area contributed by atoms with Crippen molar-refractivity contribution in [2.45, 2.75) is 18.9 Å². The second-order valence-electron chi connectivity index (χ2n) is 3.97. The maximum absolute atomic E-state index is 13.4. The van der Waals surface area contributed by atoms with E-state index in [-0.39, 0.29) is 11.7 Å². The molecule has 1 aliphatic heterocycles. The van der Waals surface area contributed by atoms with Gasteiger partial charge in [-0.2, -0.15) is 0 Å². The standard InChI is InChI=1S/C12H13BrFNO2/c13-8-3-4-11(14)10(6-8)12(16)15-7-9-2-1-5-17-9/h3-4,6,9H,1-2,5,7H2,(H,15,16)/t9-/m1/s1. The lowest BCUT2D eigenvalue weighted by Gasteiger charge is -2.11. The quantitative estimate of drug-likeness (QED) is 0.931. The predicted molar refractivity (Wildman–Crippen MR) is 65.4 cm³/mol. The molecular formula is C12H13BrFNO2. The van der Waals surface area contributed by atoms with Gasteiger partial charge >= 0.3 is 0 Å². The van der Waals surface area contributed by atoms with Crippen molar-refractivity contribution >= 4 is 21.8 Å². The molecule has 1 aromatic carbocycles. The van der Waals surface area contributed by atoms with E-state index in [1.165, 1.54) is 12.1 Å². The summed E-state index contributed by atoms with van der Waals surface area (Å²) < 4.78 is 19.5. The third-order valence-corrected chi connectivity index (χ3v) is 3.18. The fraction of sp³-hybridized carbons (Fsp3) is 0.417. The summed E-state index contributed by atoms with van der Waals surface area (Å²) in [5.74, 6) is -0.919. The fourth-order valence-corrected chi connectivity index (χ4v) is 2.14. The van der Waals surface area contributed by atoms with Gasteiger partial charge in [0.1, 0.15) is 5.82 Å². The smallest absolute Gasteiger partial charge is 0.254 e. The highest BCUT2D eigenvalue weighted by atomic mass is 79.9. The van der Waals surface area contributed by atoms with Gasteiger partial charge < -0.3 is 10.1 Å². The minimum atomic E-state index is -0.516. The summed E-state index contributed by atoms with van der Waals surface area (Å²) in [5, 5.41) is 2.68. The first-order chi connectivity index (χ1) is 8.16. The predicted octanol–water partition coefficient (Wildman–Crippen LogP) is 2.50. The molecule has 1 aromatic rings. The van der Waals surface area contributed by atoms with Gasteiger partial charge in [-0.1, -0.05) is 15.9 Å². The SMILES string of the molecule is O=C(NC[C@H]1CCCO1)c1cc(Br)ccc1F. The normalized spacial score (nSPS) is 19.3. The van der Waals surface area contributed by atoms with Crippen molar-refractivity contribution in [1.82, 2.24) is 5.32 Å². The second kappa shape index (κ2) is 5.60. The summed E-state index contributed by atoms with van der Waals surface area (Å²) in [7, 11) is 0. The van der Waals surface area contributed by atoms with Gasteiger partial charge in [-0.05, 0) is 31.0 Å². The van der Waals surface area contributed by atoms with Crippen LogP contribution >= 0.6 is 15.9 Å². The van der Waals surface area contributed by atoms with Gasteiger partial charge in [-0.15, -0.1) is 0 Å². The van der Waals surface area contributed by atoms with Crippen LogP contribution in [0.2, 0.25) is 0 Å². The van der Waals surface area contributed by atoms with Crippen molar-refractivity contribution in [3.63, 3.8) is 0 Å². The Morgan fingerprint density at radius 3 is 3.12 bits per heavy atom. The van der Waals surface area contributed by atoms with Crippen molar-refractivity contribution in [2.75, 3.05) is 13.2 Å². The van der Waals surface area contributed by atoms with Gasteiger partial charge in [0.25, 0.3) is 5.91 Å².